The first-order valence-electron chi connectivity index (χ1n) is 25.1. The summed E-state index contributed by atoms with van der Waals surface area (Å²) in [5, 5.41) is 18.8. The number of benzene rings is 6. The second-order valence-corrected chi connectivity index (χ2v) is 17.7. The van der Waals surface area contributed by atoms with E-state index in [0.29, 0.717) is 16.8 Å². The number of halogens is 6. The Morgan fingerprint density at radius 2 is 0.807 bits per heavy atom. The molecule has 0 saturated carbocycles. The van der Waals surface area contributed by atoms with Gasteiger partial charge in [-0.25, -0.2) is 9.97 Å². The normalized spacial score (nSPS) is 10.8. The number of aromatic nitrogens is 8. The number of aliphatic hydroxyl groups excluding tert-OH is 1. The zero-order chi connectivity index (χ0) is 58.9. The highest BCUT2D eigenvalue weighted by atomic mass is 19.4. The van der Waals surface area contributed by atoms with E-state index in [0.717, 1.165) is 63.6 Å². The van der Waals surface area contributed by atoms with Gasteiger partial charge >= 0.3 is 24.4 Å². The number of nitrogens with zero attached hydrogens (tertiary/aromatic N) is 8. The molecule has 0 atom stereocenters. The molecule has 0 aliphatic carbocycles. The van der Waals surface area contributed by atoms with E-state index in [4.69, 9.17) is 19.3 Å². The van der Waals surface area contributed by atoms with Crippen molar-refractivity contribution < 1.29 is 50.8 Å². The van der Waals surface area contributed by atoms with Gasteiger partial charge in [0.2, 0.25) is 0 Å². The summed E-state index contributed by atoms with van der Waals surface area (Å²) in [6.07, 6.45) is -9.41. The minimum Gasteiger partial charge on any atom is -0.507 e. The zero-order valence-electron chi connectivity index (χ0n) is 44.7. The average Bonchev–Trinajstić information content (AvgIpc) is 3.69. The van der Waals surface area contributed by atoms with Crippen molar-refractivity contribution in [2.45, 2.75) is 39.4 Å². The van der Waals surface area contributed by atoms with Gasteiger partial charge in [-0.1, -0.05) is 84.3 Å². The number of pyridine rings is 2. The number of phenols is 1. The van der Waals surface area contributed by atoms with Gasteiger partial charge < -0.3 is 24.4 Å². The molecule has 2 N–H and O–H groups in total. The van der Waals surface area contributed by atoms with E-state index in [1.807, 2.05) is 92.7 Å². The maximum atomic E-state index is 14.2. The lowest BCUT2D eigenvalue weighted by Gasteiger charge is -2.17. The number of aliphatic hydroxyl groups is 1. The van der Waals surface area contributed by atoms with Crippen LogP contribution in [0.5, 0.6) is 23.5 Å². The van der Waals surface area contributed by atoms with Gasteiger partial charge in [-0.3, -0.25) is 9.97 Å². The van der Waals surface area contributed by atoms with Crippen LogP contribution in [0.25, 0.3) is 45.6 Å². The number of ether oxygens (including phenoxy) is 3. The topological polar surface area (TPSA) is 171 Å². The van der Waals surface area contributed by atoms with Gasteiger partial charge in [-0.2, -0.15) is 46.3 Å². The lowest BCUT2D eigenvalue weighted by Crippen LogP contribution is -2.11. The quantitative estimate of drug-likeness (QED) is 0.0980. The Labute approximate surface area is 473 Å². The molecule has 0 bridgehead atoms. The van der Waals surface area contributed by atoms with Gasteiger partial charge in [0.15, 0.2) is 23.3 Å². The fraction of sp³-hybridized carbons (Fsp3) is 0.125. The summed E-state index contributed by atoms with van der Waals surface area (Å²) in [7, 11) is 2.63. The van der Waals surface area contributed by atoms with Crippen molar-refractivity contribution in [3.8, 4) is 92.8 Å². The number of methoxy groups -OCH3 is 2. The summed E-state index contributed by atoms with van der Waals surface area (Å²) in [6, 6.07) is 50.4. The third kappa shape index (κ3) is 16.1. The fourth-order valence-corrected chi connectivity index (χ4v) is 7.76. The maximum absolute atomic E-state index is 14.2. The number of aromatic hydroxyl groups is 1. The van der Waals surface area contributed by atoms with E-state index in [-0.39, 0.29) is 59.8 Å². The predicted molar refractivity (Wildman–Crippen MR) is 299 cm³/mol. The Morgan fingerprint density at radius 1 is 0.410 bits per heavy atom. The van der Waals surface area contributed by atoms with Crippen LogP contribution < -0.4 is 14.2 Å². The minimum absolute atomic E-state index is 0.0294. The monoisotopic (exact) mass is 1120 g/mol. The van der Waals surface area contributed by atoms with E-state index in [2.05, 4.69) is 63.6 Å². The predicted octanol–water partition coefficient (Wildman–Crippen LogP) is 13.1. The van der Waals surface area contributed by atoms with Crippen LogP contribution >= 0.6 is 0 Å². The lowest BCUT2D eigenvalue weighted by atomic mass is 10.0. The fourth-order valence-electron chi connectivity index (χ4n) is 7.76. The molecule has 10 rings (SSSR count). The number of alkyl halides is 6. The largest absolute Gasteiger partial charge is 0.507 e. The molecule has 19 heteroatoms. The van der Waals surface area contributed by atoms with Crippen molar-refractivity contribution in [2.24, 2.45) is 0 Å². The first-order valence-corrected chi connectivity index (χ1v) is 25.1. The molecular weight excluding hydrogens is 1070 g/mol. The van der Waals surface area contributed by atoms with Gasteiger partial charge in [0.1, 0.15) is 18.1 Å². The Balaban J connectivity index is 0.000000191. The molecular formula is C64H48F6N8O5. The van der Waals surface area contributed by atoms with Gasteiger partial charge in [-0.15, -0.1) is 0 Å². The van der Waals surface area contributed by atoms with Gasteiger partial charge in [-0.05, 0) is 135 Å². The molecule has 4 heterocycles. The number of hydrogen-bond donors (Lipinski definition) is 2. The van der Waals surface area contributed by atoms with E-state index in [9.17, 15) is 31.4 Å². The van der Waals surface area contributed by atoms with Crippen LogP contribution in [-0.4, -0.2) is 64.3 Å². The summed E-state index contributed by atoms with van der Waals surface area (Å²) >= 11 is 0. The third-order valence-electron chi connectivity index (χ3n) is 11.7. The third-order valence-corrected chi connectivity index (χ3v) is 11.7. The smallest absolute Gasteiger partial charge is 0.417 e. The molecule has 83 heavy (non-hydrogen) atoms. The van der Waals surface area contributed by atoms with Crippen molar-refractivity contribution >= 4 is 0 Å². The second-order valence-electron chi connectivity index (χ2n) is 17.7. The molecule has 13 nitrogen and oxygen atoms in total. The highest BCUT2D eigenvalue weighted by Crippen LogP contribution is 2.43. The van der Waals surface area contributed by atoms with Crippen molar-refractivity contribution in [3.05, 3.63) is 238 Å². The van der Waals surface area contributed by atoms with Gasteiger partial charge in [0.05, 0.1) is 54.5 Å². The van der Waals surface area contributed by atoms with Crippen LogP contribution in [0.4, 0.5) is 26.3 Å². The molecule has 0 amide bonds. The van der Waals surface area contributed by atoms with E-state index >= 15 is 0 Å². The van der Waals surface area contributed by atoms with Crippen molar-refractivity contribution in [2.75, 3.05) is 14.2 Å². The Kier molecular flexibility index (Phi) is 19.2. The van der Waals surface area contributed by atoms with Crippen molar-refractivity contribution in [1.82, 2.24) is 39.9 Å². The van der Waals surface area contributed by atoms with Gasteiger partial charge in [0.25, 0.3) is 0 Å². The first kappa shape index (κ1) is 58.6. The van der Waals surface area contributed by atoms with Gasteiger partial charge in [0, 0.05) is 44.8 Å². The van der Waals surface area contributed by atoms with Crippen LogP contribution in [0.3, 0.4) is 0 Å². The average molecular weight is 1120 g/mol. The standard InChI is InChI=1S/C32H23F3N4O2.C25H16F3N3O2.C7H9NO/c1-21-8-6-11-25(36-21)20-41-27-13-7-12-26(32(33,34)35)28(27)30-37-29(38-31(39-30)40-2)24-18-16-23(17-19-24)15-14-22-9-4-3-5-10-22;1-33-24-30-22(18-14-12-17(13-15-18)11-10-16-6-3-2-4-7-16)29-23(31-24)21-19(25(26,27)28)8-5-9-20(21)32;1-6-3-2-4-7(5-9)8-6/h3-13,16-19H,20H2,1-2H3;2-9,12-15,32H,1H3;2-4,9H,5H2,1H3. The summed E-state index contributed by atoms with van der Waals surface area (Å²) in [5.74, 6) is 11.3. The molecule has 0 unspecified atom stereocenters. The Bertz CT molecular complexity index is 3960. The first-order chi connectivity index (χ1) is 40.0. The minimum atomic E-state index is -4.72. The molecule has 6 aromatic carbocycles. The number of phenolic OH excluding ortho intramolecular Hbond substituents is 1. The molecule has 416 valence electrons. The van der Waals surface area contributed by atoms with Crippen LogP contribution in [0.2, 0.25) is 0 Å². The van der Waals surface area contributed by atoms with E-state index in [1.54, 1.807) is 66.7 Å². The summed E-state index contributed by atoms with van der Waals surface area (Å²) in [5.41, 5.74) is 4.45. The lowest BCUT2D eigenvalue weighted by molar-refractivity contribution is -0.138. The summed E-state index contributed by atoms with van der Waals surface area (Å²) in [4.78, 5) is 33.5. The second kappa shape index (κ2) is 27.1. The maximum Gasteiger partial charge on any atom is 0.417 e. The molecule has 0 fully saturated rings. The molecule has 0 aliphatic rings. The molecule has 0 spiro atoms. The van der Waals surface area contributed by atoms with Crippen LogP contribution in [0.15, 0.2) is 182 Å². The van der Waals surface area contributed by atoms with Crippen LogP contribution in [0, 0.1) is 37.5 Å². The van der Waals surface area contributed by atoms with Crippen LogP contribution in [0.1, 0.15) is 56.2 Å². The highest BCUT2D eigenvalue weighted by molar-refractivity contribution is 5.72. The van der Waals surface area contributed by atoms with E-state index < -0.39 is 34.8 Å². The number of hydrogen-bond acceptors (Lipinski definition) is 13. The van der Waals surface area contributed by atoms with Crippen molar-refractivity contribution in [3.63, 3.8) is 0 Å². The molecule has 0 aliphatic heterocycles. The molecule has 10 aromatic rings. The summed E-state index contributed by atoms with van der Waals surface area (Å²) in [6.45, 7) is 3.71. The molecule has 0 radical (unpaired) electrons. The molecule has 0 saturated heterocycles. The Morgan fingerprint density at radius 3 is 1.24 bits per heavy atom. The number of rotatable bonds is 10. The SMILES string of the molecule is COc1nc(-c2ccc(C#Cc3ccccc3)cc2)nc(-c2c(O)cccc2C(F)(F)F)n1.COc1nc(-c2ccc(C#Cc3ccccc3)cc2)nc(-c2c(OCc3cccc(C)n3)cccc2C(F)(F)F)n1.Cc1cccc(CO)n1. The molecule has 4 aromatic heterocycles. The van der Waals surface area contributed by atoms with Crippen LogP contribution in [-0.2, 0) is 25.6 Å². The van der Waals surface area contributed by atoms with E-state index in [1.165, 1.54) is 26.4 Å². The Hall–Kier alpha value is -10.5. The van der Waals surface area contributed by atoms with Crippen molar-refractivity contribution in [1.29, 1.82) is 0 Å². The highest BCUT2D eigenvalue weighted by Gasteiger charge is 2.38. The summed E-state index contributed by atoms with van der Waals surface area (Å²) < 4.78 is 99.3. The zero-order valence-corrected chi connectivity index (χ0v) is 44.7. The number of aryl methyl sites for hydroxylation is 2.